The topological polar surface area (TPSA) is 42.7 Å². The highest BCUT2D eigenvalue weighted by atomic mass is 127. The van der Waals surface area contributed by atoms with Crippen LogP contribution < -0.4 is 5.32 Å². The molecule has 0 aromatic carbocycles. The van der Waals surface area contributed by atoms with Crippen molar-refractivity contribution in [2.45, 2.75) is 20.4 Å². The van der Waals surface area contributed by atoms with Crippen LogP contribution in [0.5, 0.6) is 0 Å². The van der Waals surface area contributed by atoms with Crippen LogP contribution in [-0.2, 0) is 6.54 Å². The zero-order chi connectivity index (χ0) is 13.8. The Bertz CT molecular complexity index is 553. The molecule has 0 radical (unpaired) electrons. The van der Waals surface area contributed by atoms with Crippen molar-refractivity contribution in [3.05, 3.63) is 38.3 Å². The molecule has 2 aromatic heterocycles. The maximum Gasteiger partial charge on any atom is 0.157 e. The van der Waals surface area contributed by atoms with Gasteiger partial charge in [-0.3, -0.25) is 0 Å². The second-order valence-electron chi connectivity index (χ2n) is 4.76. The molecule has 0 aliphatic carbocycles. The number of pyridine rings is 1. The molecule has 4 nitrogen and oxygen atoms in total. The Morgan fingerprint density at radius 1 is 1.42 bits per heavy atom. The third-order valence-electron chi connectivity index (χ3n) is 2.55. The Morgan fingerprint density at radius 2 is 2.21 bits per heavy atom. The fourth-order valence-electron chi connectivity index (χ4n) is 1.72. The van der Waals surface area contributed by atoms with Crippen LogP contribution in [0.3, 0.4) is 0 Å². The van der Waals surface area contributed by atoms with Crippen molar-refractivity contribution in [2.24, 2.45) is 5.92 Å². The van der Waals surface area contributed by atoms with E-state index in [0.29, 0.717) is 5.92 Å². The van der Waals surface area contributed by atoms with Crippen molar-refractivity contribution in [1.82, 2.24) is 20.1 Å². The van der Waals surface area contributed by atoms with Gasteiger partial charge in [-0.05, 0) is 57.0 Å². The molecular weight excluding hydrogens is 419 g/mol. The first-order valence-corrected chi connectivity index (χ1v) is 7.99. The number of halogens is 2. The van der Waals surface area contributed by atoms with Crippen molar-refractivity contribution >= 4 is 38.5 Å². The Kier molecular flexibility index (Phi) is 5.35. The zero-order valence-corrected chi connectivity index (χ0v) is 14.6. The van der Waals surface area contributed by atoms with Gasteiger partial charge >= 0.3 is 0 Å². The molecule has 6 heteroatoms. The molecule has 1 N–H and O–H groups in total. The van der Waals surface area contributed by atoms with E-state index in [-0.39, 0.29) is 0 Å². The fraction of sp³-hybridized carbons (Fsp3) is 0.385. The van der Waals surface area contributed by atoms with Crippen LogP contribution in [0.4, 0.5) is 0 Å². The first-order chi connectivity index (χ1) is 9.06. The summed E-state index contributed by atoms with van der Waals surface area (Å²) in [5.41, 5.74) is 1.13. The van der Waals surface area contributed by atoms with Gasteiger partial charge in [-0.2, -0.15) is 5.10 Å². The maximum atomic E-state index is 4.47. The first-order valence-electron chi connectivity index (χ1n) is 6.12. The molecule has 0 aliphatic heterocycles. The molecule has 2 aromatic rings. The predicted octanol–water partition coefficient (Wildman–Crippen LogP) is 3.38. The highest BCUT2D eigenvalue weighted by molar-refractivity contribution is 14.1. The summed E-state index contributed by atoms with van der Waals surface area (Å²) in [6, 6.07) is 2.09. The van der Waals surface area contributed by atoms with Gasteiger partial charge in [-0.15, -0.1) is 0 Å². The van der Waals surface area contributed by atoms with Crippen LogP contribution in [0.25, 0.3) is 5.82 Å². The number of rotatable bonds is 5. The standard InChI is InChI=1S/C13H16BrIN4/c1-9(2)4-16-5-10-3-11(14)6-17-13(10)19-8-12(15)7-18-19/h3,6-9,16H,4-5H2,1-2H3. The molecule has 102 valence electrons. The second-order valence-corrected chi connectivity index (χ2v) is 6.93. The Labute approximate surface area is 135 Å². The van der Waals surface area contributed by atoms with E-state index in [2.05, 4.69) is 73.8 Å². The zero-order valence-electron chi connectivity index (χ0n) is 10.9. The van der Waals surface area contributed by atoms with Crippen LogP contribution in [0.15, 0.2) is 29.1 Å². The lowest BCUT2D eigenvalue weighted by atomic mass is 10.2. The molecule has 2 heterocycles. The minimum atomic E-state index is 0.634. The average molecular weight is 435 g/mol. The fourth-order valence-corrected chi connectivity index (χ4v) is 2.49. The molecule has 0 atom stereocenters. The molecular formula is C13H16BrIN4. The van der Waals surface area contributed by atoms with E-state index in [1.165, 1.54) is 0 Å². The summed E-state index contributed by atoms with van der Waals surface area (Å²) in [5, 5.41) is 7.76. The predicted molar refractivity (Wildman–Crippen MR) is 88.3 cm³/mol. The smallest absolute Gasteiger partial charge is 0.157 e. The van der Waals surface area contributed by atoms with E-state index in [1.54, 1.807) is 6.20 Å². The Hall–Kier alpha value is -0.470. The maximum absolute atomic E-state index is 4.47. The summed E-state index contributed by atoms with van der Waals surface area (Å²) in [6.07, 6.45) is 5.61. The van der Waals surface area contributed by atoms with E-state index in [9.17, 15) is 0 Å². The van der Waals surface area contributed by atoms with Gasteiger partial charge in [0, 0.05) is 29.0 Å². The van der Waals surface area contributed by atoms with E-state index in [1.807, 2.05) is 17.1 Å². The van der Waals surface area contributed by atoms with Crippen LogP contribution in [0.2, 0.25) is 0 Å². The monoisotopic (exact) mass is 434 g/mol. The molecule has 0 amide bonds. The molecule has 0 saturated carbocycles. The van der Waals surface area contributed by atoms with Crippen LogP contribution in [0, 0.1) is 9.49 Å². The molecule has 0 bridgehead atoms. The summed E-state index contributed by atoms with van der Waals surface area (Å²) in [5.74, 6) is 1.51. The van der Waals surface area contributed by atoms with E-state index in [4.69, 9.17) is 0 Å². The van der Waals surface area contributed by atoms with Crippen molar-refractivity contribution in [2.75, 3.05) is 6.54 Å². The SMILES string of the molecule is CC(C)CNCc1cc(Br)cnc1-n1cc(I)cn1. The quantitative estimate of drug-likeness (QED) is 0.733. The number of nitrogens with zero attached hydrogens (tertiary/aromatic N) is 3. The Morgan fingerprint density at radius 3 is 2.84 bits per heavy atom. The summed E-state index contributed by atoms with van der Waals surface area (Å²) in [4.78, 5) is 4.47. The molecule has 0 spiro atoms. The molecule has 0 saturated heterocycles. The largest absolute Gasteiger partial charge is 0.312 e. The summed E-state index contributed by atoms with van der Waals surface area (Å²) < 4.78 is 3.91. The number of hydrogen-bond acceptors (Lipinski definition) is 3. The average Bonchev–Trinajstić information content (AvgIpc) is 2.75. The second kappa shape index (κ2) is 6.81. The van der Waals surface area contributed by atoms with Gasteiger partial charge in [0.15, 0.2) is 5.82 Å². The van der Waals surface area contributed by atoms with Gasteiger partial charge in [-0.1, -0.05) is 13.8 Å². The molecule has 19 heavy (non-hydrogen) atoms. The molecule has 2 rings (SSSR count). The van der Waals surface area contributed by atoms with Gasteiger partial charge < -0.3 is 5.32 Å². The lowest BCUT2D eigenvalue weighted by molar-refractivity contribution is 0.550. The minimum absolute atomic E-state index is 0.634. The number of nitrogens with one attached hydrogen (secondary N) is 1. The number of aromatic nitrogens is 3. The van der Waals surface area contributed by atoms with Crippen LogP contribution in [-0.4, -0.2) is 21.3 Å². The van der Waals surface area contributed by atoms with E-state index < -0.39 is 0 Å². The Balaban J connectivity index is 2.23. The van der Waals surface area contributed by atoms with Gasteiger partial charge in [-0.25, -0.2) is 9.67 Å². The van der Waals surface area contributed by atoms with Gasteiger partial charge in [0.05, 0.1) is 9.77 Å². The highest BCUT2D eigenvalue weighted by Gasteiger charge is 2.08. The van der Waals surface area contributed by atoms with E-state index >= 15 is 0 Å². The lowest BCUT2D eigenvalue weighted by Gasteiger charge is -2.11. The third kappa shape index (κ3) is 4.25. The normalized spacial score (nSPS) is 11.2. The van der Waals surface area contributed by atoms with Crippen LogP contribution in [0.1, 0.15) is 19.4 Å². The lowest BCUT2D eigenvalue weighted by Crippen LogP contribution is -2.20. The van der Waals surface area contributed by atoms with Gasteiger partial charge in [0.1, 0.15) is 0 Å². The minimum Gasteiger partial charge on any atom is -0.312 e. The highest BCUT2D eigenvalue weighted by Crippen LogP contribution is 2.18. The van der Waals surface area contributed by atoms with Gasteiger partial charge in [0.2, 0.25) is 0 Å². The first kappa shape index (κ1) is 14.9. The number of hydrogen-bond donors (Lipinski definition) is 1. The summed E-state index contributed by atoms with van der Waals surface area (Å²) in [7, 11) is 0. The van der Waals surface area contributed by atoms with Crippen molar-refractivity contribution in [3.63, 3.8) is 0 Å². The molecule has 0 aliphatic rings. The van der Waals surface area contributed by atoms with Crippen molar-refractivity contribution in [3.8, 4) is 5.82 Å². The van der Waals surface area contributed by atoms with Crippen LogP contribution >= 0.6 is 38.5 Å². The van der Waals surface area contributed by atoms with Gasteiger partial charge in [0.25, 0.3) is 0 Å². The van der Waals surface area contributed by atoms with Crippen molar-refractivity contribution < 1.29 is 0 Å². The third-order valence-corrected chi connectivity index (χ3v) is 3.54. The molecule has 0 unspecified atom stereocenters. The summed E-state index contributed by atoms with van der Waals surface area (Å²) in [6.45, 7) is 6.17. The van der Waals surface area contributed by atoms with Crippen molar-refractivity contribution in [1.29, 1.82) is 0 Å². The summed E-state index contributed by atoms with van der Waals surface area (Å²) >= 11 is 5.72. The molecule has 0 fully saturated rings. The van der Waals surface area contributed by atoms with E-state index in [0.717, 1.165) is 32.5 Å².